The van der Waals surface area contributed by atoms with E-state index in [4.69, 9.17) is 4.74 Å². The van der Waals surface area contributed by atoms with E-state index in [1.54, 1.807) is 0 Å². The van der Waals surface area contributed by atoms with Gasteiger partial charge in [0.2, 0.25) is 0 Å². The summed E-state index contributed by atoms with van der Waals surface area (Å²) in [5.74, 6) is 0.699. The SMILES string of the molecule is CC(C)CCCC(C)(C)NC[C@@H](O)[C@H](Cc1ccccc1)NC(=O)OC(C)(C)C. The highest BCUT2D eigenvalue weighted by Crippen LogP contribution is 2.17. The molecule has 0 spiro atoms. The Morgan fingerprint density at radius 2 is 1.72 bits per heavy atom. The third-order valence-corrected chi connectivity index (χ3v) is 4.84. The van der Waals surface area contributed by atoms with Crippen molar-refractivity contribution in [3.05, 3.63) is 35.9 Å². The molecule has 0 aliphatic carbocycles. The fourth-order valence-electron chi connectivity index (χ4n) is 3.17. The van der Waals surface area contributed by atoms with Gasteiger partial charge in [-0.3, -0.25) is 0 Å². The number of hydrogen-bond donors (Lipinski definition) is 3. The van der Waals surface area contributed by atoms with Gasteiger partial charge < -0.3 is 20.5 Å². The Kier molecular flexibility index (Phi) is 10.1. The Bertz CT molecular complexity index is 594. The lowest BCUT2D eigenvalue weighted by molar-refractivity contribution is 0.0415. The molecular weight excluding hydrogens is 364 g/mol. The third-order valence-electron chi connectivity index (χ3n) is 4.84. The summed E-state index contributed by atoms with van der Waals surface area (Å²) in [6, 6.07) is 9.44. The molecule has 166 valence electrons. The van der Waals surface area contributed by atoms with Crippen LogP contribution >= 0.6 is 0 Å². The quantitative estimate of drug-likeness (QED) is 0.499. The van der Waals surface area contributed by atoms with Crippen LogP contribution in [0.5, 0.6) is 0 Å². The van der Waals surface area contributed by atoms with Crippen molar-refractivity contribution in [2.75, 3.05) is 6.54 Å². The molecule has 5 heteroatoms. The van der Waals surface area contributed by atoms with Crippen LogP contribution < -0.4 is 10.6 Å². The minimum atomic E-state index is -0.730. The molecule has 0 unspecified atom stereocenters. The molecule has 29 heavy (non-hydrogen) atoms. The second-order valence-electron chi connectivity index (χ2n) is 10.1. The van der Waals surface area contributed by atoms with E-state index in [0.29, 0.717) is 18.9 Å². The third kappa shape index (κ3) is 11.9. The Hall–Kier alpha value is -1.59. The number of hydrogen-bond acceptors (Lipinski definition) is 4. The Balaban J connectivity index is 2.71. The topological polar surface area (TPSA) is 70.6 Å². The van der Waals surface area contributed by atoms with Crippen molar-refractivity contribution in [3.8, 4) is 0 Å². The molecule has 0 bridgehead atoms. The normalized spacial score (nSPS) is 14.5. The van der Waals surface area contributed by atoms with Crippen molar-refractivity contribution in [3.63, 3.8) is 0 Å². The number of rotatable bonds is 11. The average molecular weight is 407 g/mol. The molecule has 3 N–H and O–H groups in total. The van der Waals surface area contributed by atoms with Gasteiger partial charge in [0.05, 0.1) is 12.1 Å². The molecule has 0 radical (unpaired) electrons. The van der Waals surface area contributed by atoms with E-state index in [9.17, 15) is 9.90 Å². The number of benzene rings is 1. The van der Waals surface area contributed by atoms with Gasteiger partial charge in [0.1, 0.15) is 5.60 Å². The van der Waals surface area contributed by atoms with Crippen LogP contribution in [0, 0.1) is 5.92 Å². The number of alkyl carbamates (subject to hydrolysis) is 1. The number of carbonyl (C=O) groups excluding carboxylic acids is 1. The molecule has 1 aromatic rings. The fraction of sp³-hybridized carbons (Fsp3) is 0.708. The maximum absolute atomic E-state index is 12.3. The summed E-state index contributed by atoms with van der Waals surface area (Å²) in [4.78, 5) is 12.3. The predicted molar refractivity (Wildman–Crippen MR) is 120 cm³/mol. The first-order valence-electron chi connectivity index (χ1n) is 10.8. The van der Waals surface area contributed by atoms with E-state index in [0.717, 1.165) is 18.4 Å². The van der Waals surface area contributed by atoms with Gasteiger partial charge in [-0.05, 0) is 58.9 Å². The molecule has 1 amide bonds. The molecule has 0 saturated carbocycles. The van der Waals surface area contributed by atoms with Crippen LogP contribution in [0.4, 0.5) is 4.79 Å². The van der Waals surface area contributed by atoms with E-state index >= 15 is 0 Å². The van der Waals surface area contributed by atoms with Crippen molar-refractivity contribution >= 4 is 6.09 Å². The van der Waals surface area contributed by atoms with Gasteiger partial charge in [-0.2, -0.15) is 0 Å². The van der Waals surface area contributed by atoms with Crippen LogP contribution in [0.2, 0.25) is 0 Å². The van der Waals surface area contributed by atoms with Crippen molar-refractivity contribution in [1.29, 1.82) is 0 Å². The highest BCUT2D eigenvalue weighted by Gasteiger charge is 2.27. The van der Waals surface area contributed by atoms with Gasteiger partial charge in [0, 0.05) is 12.1 Å². The zero-order valence-corrected chi connectivity index (χ0v) is 19.4. The molecule has 1 aromatic carbocycles. The van der Waals surface area contributed by atoms with Crippen molar-refractivity contribution in [2.24, 2.45) is 5.92 Å². The predicted octanol–water partition coefficient (Wildman–Crippen LogP) is 4.68. The van der Waals surface area contributed by atoms with E-state index in [1.165, 1.54) is 6.42 Å². The monoisotopic (exact) mass is 406 g/mol. The molecule has 0 saturated heterocycles. The van der Waals surface area contributed by atoms with Crippen molar-refractivity contribution in [1.82, 2.24) is 10.6 Å². The van der Waals surface area contributed by atoms with Crippen LogP contribution in [0.25, 0.3) is 0 Å². The molecule has 2 atom stereocenters. The Labute approximate surface area is 177 Å². The highest BCUT2D eigenvalue weighted by atomic mass is 16.6. The molecule has 5 nitrogen and oxygen atoms in total. The largest absolute Gasteiger partial charge is 0.444 e. The number of carbonyl (C=O) groups is 1. The molecule has 0 aromatic heterocycles. The summed E-state index contributed by atoms with van der Waals surface area (Å²) in [6.07, 6.45) is 2.69. The standard InChI is InChI=1S/C24H42N2O3/c1-18(2)12-11-15-24(6,7)25-17-21(27)20(16-19-13-9-8-10-14-19)26-22(28)29-23(3,4)5/h8-10,13-14,18,20-21,25,27H,11-12,15-17H2,1-7H3,(H,26,28)/t20-,21+/m0/s1. The van der Waals surface area contributed by atoms with Gasteiger partial charge in [0.25, 0.3) is 0 Å². The fourth-order valence-corrected chi connectivity index (χ4v) is 3.17. The zero-order valence-electron chi connectivity index (χ0n) is 19.4. The van der Waals surface area contributed by atoms with Gasteiger partial charge >= 0.3 is 6.09 Å². The molecule has 0 fully saturated rings. The van der Waals surface area contributed by atoms with Crippen molar-refractivity contribution < 1.29 is 14.6 Å². The zero-order chi connectivity index (χ0) is 22.1. The van der Waals surface area contributed by atoms with E-state index in [2.05, 4.69) is 38.3 Å². The number of nitrogens with one attached hydrogen (secondary N) is 2. The Morgan fingerprint density at radius 3 is 2.28 bits per heavy atom. The first-order chi connectivity index (χ1) is 13.4. The van der Waals surface area contributed by atoms with E-state index < -0.39 is 23.8 Å². The number of aliphatic hydroxyl groups excluding tert-OH is 1. The van der Waals surface area contributed by atoms with E-state index in [-0.39, 0.29) is 5.54 Å². The second-order valence-corrected chi connectivity index (χ2v) is 10.1. The summed E-state index contributed by atoms with van der Waals surface area (Å²) in [7, 11) is 0. The smallest absolute Gasteiger partial charge is 0.407 e. The van der Waals surface area contributed by atoms with Crippen LogP contribution in [0.1, 0.15) is 73.3 Å². The summed E-state index contributed by atoms with van der Waals surface area (Å²) >= 11 is 0. The maximum atomic E-state index is 12.3. The summed E-state index contributed by atoms with van der Waals surface area (Å²) in [5, 5.41) is 17.2. The van der Waals surface area contributed by atoms with Crippen LogP contribution in [0.3, 0.4) is 0 Å². The lowest BCUT2D eigenvalue weighted by Gasteiger charge is -2.31. The number of aliphatic hydroxyl groups is 1. The van der Waals surface area contributed by atoms with Gasteiger partial charge in [-0.1, -0.05) is 57.0 Å². The first kappa shape index (κ1) is 25.4. The molecule has 1 rings (SSSR count). The summed E-state index contributed by atoms with van der Waals surface area (Å²) in [5.41, 5.74) is 0.408. The minimum Gasteiger partial charge on any atom is -0.444 e. The number of amides is 1. The average Bonchev–Trinajstić information content (AvgIpc) is 2.58. The summed E-state index contributed by atoms with van der Waals surface area (Å²) < 4.78 is 5.40. The number of β-amino-alcohol motifs (C(OH)–C–C–N with tert-alkyl or cyclic N) is 1. The second kappa shape index (κ2) is 11.6. The van der Waals surface area contributed by atoms with Gasteiger partial charge in [-0.25, -0.2) is 4.79 Å². The molecule has 0 aliphatic heterocycles. The van der Waals surface area contributed by atoms with Crippen LogP contribution in [0.15, 0.2) is 30.3 Å². The van der Waals surface area contributed by atoms with Crippen LogP contribution in [-0.2, 0) is 11.2 Å². The Morgan fingerprint density at radius 1 is 1.10 bits per heavy atom. The molecule has 0 heterocycles. The highest BCUT2D eigenvalue weighted by molar-refractivity contribution is 5.68. The minimum absolute atomic E-state index is 0.0704. The van der Waals surface area contributed by atoms with Gasteiger partial charge in [0.15, 0.2) is 0 Å². The molecule has 0 aliphatic rings. The number of ether oxygens (including phenoxy) is 1. The molecular formula is C24H42N2O3. The maximum Gasteiger partial charge on any atom is 0.407 e. The van der Waals surface area contributed by atoms with Crippen LogP contribution in [-0.4, -0.2) is 41.0 Å². The first-order valence-corrected chi connectivity index (χ1v) is 10.8. The van der Waals surface area contributed by atoms with Crippen molar-refractivity contribution in [2.45, 2.75) is 97.4 Å². The summed E-state index contributed by atoms with van der Waals surface area (Å²) in [6.45, 7) is 14.7. The van der Waals surface area contributed by atoms with E-state index in [1.807, 2.05) is 51.1 Å². The van der Waals surface area contributed by atoms with Gasteiger partial charge in [-0.15, -0.1) is 0 Å². The lowest BCUT2D eigenvalue weighted by atomic mass is 9.93. The lowest BCUT2D eigenvalue weighted by Crippen LogP contribution is -2.52.